The highest BCUT2D eigenvalue weighted by Gasteiger charge is 2.32. The molecule has 2 atom stereocenters. The van der Waals surface area contributed by atoms with Crippen molar-refractivity contribution in [1.29, 1.82) is 0 Å². The molecule has 2 aromatic heterocycles. The van der Waals surface area contributed by atoms with E-state index in [9.17, 15) is 9.59 Å². The van der Waals surface area contributed by atoms with Gasteiger partial charge in [0.15, 0.2) is 5.76 Å². The summed E-state index contributed by atoms with van der Waals surface area (Å²) in [6, 6.07) is 8.46. The van der Waals surface area contributed by atoms with Crippen LogP contribution >= 0.6 is 0 Å². The number of nitrogens with two attached hydrogens (primary N) is 1. The maximum Gasteiger partial charge on any atom is 0.289 e. The molecule has 1 saturated heterocycles. The minimum Gasteiger partial charge on any atom is -0.454 e. The number of hydrogen-bond donors (Lipinski definition) is 1. The molecule has 1 aliphatic rings. The number of furan rings is 1. The van der Waals surface area contributed by atoms with Crippen LogP contribution < -0.4 is 11.3 Å². The lowest BCUT2D eigenvalue weighted by molar-refractivity contribution is 0.0499. The number of rotatable bonds is 4. The van der Waals surface area contributed by atoms with Crippen molar-refractivity contribution in [1.82, 2.24) is 9.47 Å². The summed E-state index contributed by atoms with van der Waals surface area (Å²) in [7, 11) is 0. The summed E-state index contributed by atoms with van der Waals surface area (Å²) in [5.74, 6) is 1.16. The first-order valence-corrected chi connectivity index (χ1v) is 8.35. The van der Waals surface area contributed by atoms with Gasteiger partial charge in [0.1, 0.15) is 5.76 Å². The molecule has 0 saturated carbocycles. The SMILES string of the molecule is C[C@@H]1CCCN(C(=O)c2ccc(Cn3ccccc3=O)o2)[C@H]1CN. The molecule has 1 fully saturated rings. The van der Waals surface area contributed by atoms with Crippen LogP contribution in [0.15, 0.2) is 45.7 Å². The number of aromatic nitrogens is 1. The minimum atomic E-state index is -0.122. The van der Waals surface area contributed by atoms with Crippen LogP contribution in [-0.2, 0) is 6.54 Å². The Labute approximate surface area is 140 Å². The van der Waals surface area contributed by atoms with Crippen molar-refractivity contribution in [2.75, 3.05) is 13.1 Å². The van der Waals surface area contributed by atoms with Crippen LogP contribution in [0.1, 0.15) is 36.1 Å². The zero-order valence-corrected chi connectivity index (χ0v) is 13.9. The number of piperidine rings is 1. The van der Waals surface area contributed by atoms with Gasteiger partial charge >= 0.3 is 0 Å². The fourth-order valence-electron chi connectivity index (χ4n) is 3.34. The molecule has 24 heavy (non-hydrogen) atoms. The summed E-state index contributed by atoms with van der Waals surface area (Å²) < 4.78 is 7.23. The molecule has 1 aliphatic heterocycles. The Morgan fingerprint density at radius 3 is 2.92 bits per heavy atom. The average molecular weight is 329 g/mol. The molecule has 0 spiro atoms. The van der Waals surface area contributed by atoms with Gasteiger partial charge in [0.25, 0.3) is 11.5 Å². The second kappa shape index (κ2) is 7.05. The molecule has 0 bridgehead atoms. The number of hydrogen-bond acceptors (Lipinski definition) is 4. The van der Waals surface area contributed by atoms with Crippen LogP contribution in [0.4, 0.5) is 0 Å². The molecule has 2 aromatic rings. The maximum absolute atomic E-state index is 12.8. The zero-order chi connectivity index (χ0) is 17.1. The molecule has 0 aliphatic carbocycles. The highest BCUT2D eigenvalue weighted by Crippen LogP contribution is 2.25. The fraction of sp³-hybridized carbons (Fsp3) is 0.444. The molecule has 0 radical (unpaired) electrons. The van der Waals surface area contributed by atoms with Crippen LogP contribution in [0.5, 0.6) is 0 Å². The Bertz CT molecular complexity index is 765. The van der Waals surface area contributed by atoms with Crippen LogP contribution in [0.3, 0.4) is 0 Å². The summed E-state index contributed by atoms with van der Waals surface area (Å²) in [4.78, 5) is 26.3. The number of likely N-dealkylation sites (tertiary alicyclic amines) is 1. The molecule has 3 heterocycles. The second-order valence-electron chi connectivity index (χ2n) is 6.35. The highest BCUT2D eigenvalue weighted by atomic mass is 16.4. The van der Waals surface area contributed by atoms with Crippen molar-refractivity contribution in [3.8, 4) is 0 Å². The van der Waals surface area contributed by atoms with Gasteiger partial charge in [0, 0.05) is 31.4 Å². The molecular formula is C18H23N3O3. The Kier molecular flexibility index (Phi) is 4.85. The van der Waals surface area contributed by atoms with Crippen molar-refractivity contribution < 1.29 is 9.21 Å². The minimum absolute atomic E-state index is 0.0524. The predicted molar refractivity (Wildman–Crippen MR) is 90.8 cm³/mol. The van der Waals surface area contributed by atoms with E-state index in [0.29, 0.717) is 37.1 Å². The second-order valence-corrected chi connectivity index (χ2v) is 6.35. The highest BCUT2D eigenvalue weighted by molar-refractivity contribution is 5.91. The lowest BCUT2D eigenvalue weighted by Crippen LogP contribution is -2.51. The Balaban J connectivity index is 1.76. The summed E-state index contributed by atoms with van der Waals surface area (Å²) in [6.45, 7) is 3.61. The van der Waals surface area contributed by atoms with Gasteiger partial charge in [-0.25, -0.2) is 0 Å². The first-order chi connectivity index (χ1) is 11.6. The van der Waals surface area contributed by atoms with E-state index in [4.69, 9.17) is 10.2 Å². The molecule has 2 N–H and O–H groups in total. The molecule has 3 rings (SSSR count). The monoisotopic (exact) mass is 329 g/mol. The van der Waals surface area contributed by atoms with Gasteiger partial charge < -0.3 is 19.6 Å². The van der Waals surface area contributed by atoms with Gasteiger partial charge in [-0.1, -0.05) is 13.0 Å². The Morgan fingerprint density at radius 2 is 2.17 bits per heavy atom. The first-order valence-electron chi connectivity index (χ1n) is 8.35. The predicted octanol–water partition coefficient (Wildman–Crippen LogP) is 1.69. The van der Waals surface area contributed by atoms with Crippen LogP contribution in [-0.4, -0.2) is 34.5 Å². The summed E-state index contributed by atoms with van der Waals surface area (Å²) in [6.07, 6.45) is 3.77. The van der Waals surface area contributed by atoms with Gasteiger partial charge in [-0.05, 0) is 37.0 Å². The maximum atomic E-state index is 12.8. The molecule has 128 valence electrons. The standard InChI is InChI=1S/C18H23N3O3/c1-13-5-4-10-21(15(13)11-19)18(23)16-8-7-14(24-16)12-20-9-3-2-6-17(20)22/h2-3,6-9,13,15H,4-5,10-12,19H2,1H3/t13-,15+/m1/s1. The van der Waals surface area contributed by atoms with E-state index in [1.54, 1.807) is 35.0 Å². The lowest BCUT2D eigenvalue weighted by atomic mass is 9.90. The summed E-state index contributed by atoms with van der Waals surface area (Å²) >= 11 is 0. The Morgan fingerprint density at radius 1 is 1.33 bits per heavy atom. The van der Waals surface area contributed by atoms with Gasteiger partial charge in [-0.15, -0.1) is 0 Å². The van der Waals surface area contributed by atoms with Crippen molar-refractivity contribution in [2.24, 2.45) is 11.7 Å². The van der Waals surface area contributed by atoms with E-state index < -0.39 is 0 Å². The third kappa shape index (κ3) is 3.28. The topological polar surface area (TPSA) is 81.5 Å². The number of pyridine rings is 1. The number of amides is 1. The van der Waals surface area contributed by atoms with Gasteiger partial charge in [-0.2, -0.15) is 0 Å². The number of nitrogens with zero attached hydrogens (tertiary/aromatic N) is 2. The average Bonchev–Trinajstić information content (AvgIpc) is 3.04. The van der Waals surface area contributed by atoms with Crippen molar-refractivity contribution >= 4 is 5.91 Å². The normalized spacial score (nSPS) is 21.0. The van der Waals surface area contributed by atoms with Crippen LogP contribution in [0, 0.1) is 5.92 Å². The van der Waals surface area contributed by atoms with E-state index in [1.807, 2.05) is 4.90 Å². The van der Waals surface area contributed by atoms with Crippen LogP contribution in [0.2, 0.25) is 0 Å². The summed E-state index contributed by atoms with van der Waals surface area (Å²) in [5, 5.41) is 0. The van der Waals surface area contributed by atoms with E-state index in [2.05, 4.69) is 6.92 Å². The number of carbonyl (C=O) groups is 1. The smallest absolute Gasteiger partial charge is 0.289 e. The van der Waals surface area contributed by atoms with Crippen LogP contribution in [0.25, 0.3) is 0 Å². The zero-order valence-electron chi connectivity index (χ0n) is 13.9. The van der Waals surface area contributed by atoms with E-state index in [-0.39, 0.29) is 17.5 Å². The van der Waals surface area contributed by atoms with Crippen molar-refractivity contribution in [3.63, 3.8) is 0 Å². The molecule has 1 amide bonds. The van der Waals surface area contributed by atoms with E-state index in [0.717, 1.165) is 12.8 Å². The Hall–Kier alpha value is -2.34. The molecule has 0 unspecified atom stereocenters. The summed E-state index contributed by atoms with van der Waals surface area (Å²) in [5.41, 5.74) is 5.76. The van der Waals surface area contributed by atoms with Gasteiger partial charge in [0.2, 0.25) is 0 Å². The van der Waals surface area contributed by atoms with Crippen molar-refractivity contribution in [3.05, 3.63) is 58.4 Å². The first kappa shape index (κ1) is 16.5. The third-order valence-corrected chi connectivity index (χ3v) is 4.72. The fourth-order valence-corrected chi connectivity index (χ4v) is 3.34. The van der Waals surface area contributed by atoms with Crippen molar-refractivity contribution in [2.45, 2.75) is 32.4 Å². The van der Waals surface area contributed by atoms with Gasteiger partial charge in [0.05, 0.1) is 6.54 Å². The third-order valence-electron chi connectivity index (χ3n) is 4.72. The van der Waals surface area contributed by atoms with E-state index in [1.165, 1.54) is 6.07 Å². The quantitative estimate of drug-likeness (QED) is 0.925. The molecule has 0 aromatic carbocycles. The largest absolute Gasteiger partial charge is 0.454 e. The molecular weight excluding hydrogens is 306 g/mol. The molecule has 6 nitrogen and oxygen atoms in total. The van der Waals surface area contributed by atoms with E-state index >= 15 is 0 Å². The number of carbonyl (C=O) groups excluding carboxylic acids is 1. The van der Waals surface area contributed by atoms with Gasteiger partial charge in [-0.3, -0.25) is 9.59 Å². The lowest BCUT2D eigenvalue weighted by Gasteiger charge is -2.38. The molecule has 6 heteroatoms.